The molecule has 0 saturated heterocycles. The molecular formula is C15H25N5O. The van der Waals surface area contributed by atoms with Crippen molar-refractivity contribution in [2.24, 2.45) is 0 Å². The SMILES string of the molecule is CCn1nc(C)cc1Cn1cc(CNCCOC)c(C)n1. The second kappa shape index (κ2) is 7.38. The van der Waals surface area contributed by atoms with E-state index in [9.17, 15) is 0 Å². The van der Waals surface area contributed by atoms with Gasteiger partial charge in [-0.15, -0.1) is 0 Å². The van der Waals surface area contributed by atoms with Crippen LogP contribution in [0.3, 0.4) is 0 Å². The average molecular weight is 291 g/mol. The number of hydrogen-bond acceptors (Lipinski definition) is 4. The maximum atomic E-state index is 5.03. The zero-order valence-corrected chi connectivity index (χ0v) is 13.4. The summed E-state index contributed by atoms with van der Waals surface area (Å²) in [6, 6.07) is 2.12. The Balaban J connectivity index is 2.01. The van der Waals surface area contributed by atoms with Gasteiger partial charge in [0.05, 0.1) is 30.2 Å². The van der Waals surface area contributed by atoms with Gasteiger partial charge in [0.1, 0.15) is 0 Å². The van der Waals surface area contributed by atoms with Crippen molar-refractivity contribution in [2.45, 2.75) is 40.4 Å². The van der Waals surface area contributed by atoms with E-state index >= 15 is 0 Å². The van der Waals surface area contributed by atoms with Crippen LogP contribution in [-0.4, -0.2) is 39.8 Å². The monoisotopic (exact) mass is 291 g/mol. The summed E-state index contributed by atoms with van der Waals surface area (Å²) in [5.74, 6) is 0. The molecule has 116 valence electrons. The second-order valence-corrected chi connectivity index (χ2v) is 5.20. The first-order valence-electron chi connectivity index (χ1n) is 7.40. The molecule has 1 N–H and O–H groups in total. The van der Waals surface area contributed by atoms with Crippen LogP contribution < -0.4 is 5.32 Å². The van der Waals surface area contributed by atoms with Gasteiger partial charge in [-0.25, -0.2) is 0 Å². The lowest BCUT2D eigenvalue weighted by molar-refractivity contribution is 0.199. The Morgan fingerprint density at radius 3 is 2.81 bits per heavy atom. The van der Waals surface area contributed by atoms with Gasteiger partial charge in [-0.3, -0.25) is 9.36 Å². The highest BCUT2D eigenvalue weighted by atomic mass is 16.5. The molecule has 2 rings (SSSR count). The highest BCUT2D eigenvalue weighted by Crippen LogP contribution is 2.10. The Morgan fingerprint density at radius 1 is 1.29 bits per heavy atom. The van der Waals surface area contributed by atoms with Gasteiger partial charge >= 0.3 is 0 Å². The van der Waals surface area contributed by atoms with Crippen molar-refractivity contribution in [2.75, 3.05) is 20.3 Å². The molecule has 0 saturated carbocycles. The molecule has 0 aromatic carbocycles. The molecule has 2 aromatic rings. The number of ether oxygens (including phenoxy) is 1. The van der Waals surface area contributed by atoms with E-state index in [2.05, 4.69) is 34.7 Å². The predicted octanol–water partition coefficient (Wildman–Crippen LogP) is 1.50. The third kappa shape index (κ3) is 4.15. The van der Waals surface area contributed by atoms with E-state index in [1.807, 2.05) is 23.2 Å². The Hall–Kier alpha value is -1.66. The molecule has 0 aliphatic rings. The number of nitrogens with zero attached hydrogens (tertiary/aromatic N) is 4. The topological polar surface area (TPSA) is 56.9 Å². The molecule has 0 unspecified atom stereocenters. The van der Waals surface area contributed by atoms with Gasteiger partial charge in [0.2, 0.25) is 0 Å². The molecule has 0 radical (unpaired) electrons. The number of hydrogen-bond donors (Lipinski definition) is 1. The normalized spacial score (nSPS) is 11.2. The third-order valence-electron chi connectivity index (χ3n) is 3.46. The summed E-state index contributed by atoms with van der Waals surface area (Å²) in [4.78, 5) is 0. The van der Waals surface area contributed by atoms with Gasteiger partial charge < -0.3 is 10.1 Å². The molecule has 0 aliphatic carbocycles. The summed E-state index contributed by atoms with van der Waals surface area (Å²) in [7, 11) is 1.71. The number of aromatic nitrogens is 4. The summed E-state index contributed by atoms with van der Waals surface area (Å²) in [6.45, 7) is 10.2. The van der Waals surface area contributed by atoms with Crippen molar-refractivity contribution in [3.63, 3.8) is 0 Å². The molecule has 0 bridgehead atoms. The molecule has 6 heteroatoms. The van der Waals surface area contributed by atoms with Crippen LogP contribution in [0, 0.1) is 13.8 Å². The minimum Gasteiger partial charge on any atom is -0.383 e. The van der Waals surface area contributed by atoms with Crippen molar-refractivity contribution in [1.82, 2.24) is 24.9 Å². The first-order valence-corrected chi connectivity index (χ1v) is 7.40. The van der Waals surface area contributed by atoms with Crippen LogP contribution in [0.5, 0.6) is 0 Å². The molecule has 0 amide bonds. The van der Waals surface area contributed by atoms with Crippen LogP contribution in [0.15, 0.2) is 12.3 Å². The molecule has 0 atom stereocenters. The van der Waals surface area contributed by atoms with Gasteiger partial charge in [-0.1, -0.05) is 0 Å². The number of aryl methyl sites for hydroxylation is 3. The average Bonchev–Trinajstić information content (AvgIpc) is 2.98. The lowest BCUT2D eigenvalue weighted by Crippen LogP contribution is -2.18. The molecule has 2 heterocycles. The van der Waals surface area contributed by atoms with E-state index in [0.29, 0.717) is 0 Å². The third-order valence-corrected chi connectivity index (χ3v) is 3.46. The smallest absolute Gasteiger partial charge is 0.0828 e. The lowest BCUT2D eigenvalue weighted by Gasteiger charge is -2.04. The van der Waals surface area contributed by atoms with Crippen molar-refractivity contribution < 1.29 is 4.74 Å². The van der Waals surface area contributed by atoms with E-state index in [4.69, 9.17) is 4.74 Å². The molecule has 21 heavy (non-hydrogen) atoms. The molecule has 2 aromatic heterocycles. The first kappa shape index (κ1) is 15.7. The van der Waals surface area contributed by atoms with Crippen LogP contribution >= 0.6 is 0 Å². The molecule has 0 aliphatic heterocycles. The minimum atomic E-state index is 0.724. The van der Waals surface area contributed by atoms with E-state index < -0.39 is 0 Å². The Labute approximate surface area is 126 Å². The first-order chi connectivity index (χ1) is 10.1. The maximum Gasteiger partial charge on any atom is 0.0828 e. The van der Waals surface area contributed by atoms with Crippen LogP contribution in [0.2, 0.25) is 0 Å². The predicted molar refractivity (Wildman–Crippen MR) is 82.3 cm³/mol. The fourth-order valence-corrected chi connectivity index (χ4v) is 2.38. The Kier molecular flexibility index (Phi) is 5.52. The fourth-order valence-electron chi connectivity index (χ4n) is 2.38. The largest absolute Gasteiger partial charge is 0.383 e. The lowest BCUT2D eigenvalue weighted by atomic mass is 10.2. The summed E-state index contributed by atoms with van der Waals surface area (Å²) in [5, 5.41) is 12.4. The summed E-state index contributed by atoms with van der Waals surface area (Å²) >= 11 is 0. The van der Waals surface area contributed by atoms with Gasteiger partial charge in [0.15, 0.2) is 0 Å². The quantitative estimate of drug-likeness (QED) is 0.749. The number of rotatable bonds is 8. The highest BCUT2D eigenvalue weighted by molar-refractivity contribution is 5.16. The van der Waals surface area contributed by atoms with Crippen molar-refractivity contribution in [1.29, 1.82) is 0 Å². The summed E-state index contributed by atoms with van der Waals surface area (Å²) in [6.07, 6.45) is 2.11. The van der Waals surface area contributed by atoms with Crippen LogP contribution in [0.25, 0.3) is 0 Å². The standard InChI is InChI=1S/C15H25N5O/c1-5-20-15(8-12(2)17-20)11-19-10-14(13(3)18-19)9-16-6-7-21-4/h8,10,16H,5-7,9,11H2,1-4H3. The molecular weight excluding hydrogens is 266 g/mol. The Bertz CT molecular complexity index is 573. The van der Waals surface area contributed by atoms with Crippen LogP contribution in [0.1, 0.15) is 29.6 Å². The van der Waals surface area contributed by atoms with E-state index in [1.165, 1.54) is 11.3 Å². The van der Waals surface area contributed by atoms with Crippen molar-refractivity contribution in [3.8, 4) is 0 Å². The fraction of sp³-hybridized carbons (Fsp3) is 0.600. The van der Waals surface area contributed by atoms with Gasteiger partial charge in [-0.05, 0) is 26.8 Å². The molecule has 6 nitrogen and oxygen atoms in total. The number of nitrogens with one attached hydrogen (secondary N) is 1. The van der Waals surface area contributed by atoms with Crippen LogP contribution in [0.4, 0.5) is 0 Å². The maximum absolute atomic E-state index is 5.03. The van der Waals surface area contributed by atoms with Crippen molar-refractivity contribution in [3.05, 3.63) is 34.9 Å². The van der Waals surface area contributed by atoms with E-state index in [0.717, 1.165) is 44.2 Å². The second-order valence-electron chi connectivity index (χ2n) is 5.20. The number of methoxy groups -OCH3 is 1. The zero-order valence-electron chi connectivity index (χ0n) is 13.4. The van der Waals surface area contributed by atoms with E-state index in [1.54, 1.807) is 7.11 Å². The van der Waals surface area contributed by atoms with Gasteiger partial charge in [0.25, 0.3) is 0 Å². The van der Waals surface area contributed by atoms with Crippen molar-refractivity contribution >= 4 is 0 Å². The summed E-state index contributed by atoms with van der Waals surface area (Å²) in [5.41, 5.74) is 4.54. The van der Waals surface area contributed by atoms with E-state index in [-0.39, 0.29) is 0 Å². The summed E-state index contributed by atoms with van der Waals surface area (Å²) < 4.78 is 9.05. The highest BCUT2D eigenvalue weighted by Gasteiger charge is 2.08. The Morgan fingerprint density at radius 2 is 2.10 bits per heavy atom. The minimum absolute atomic E-state index is 0.724. The van der Waals surface area contributed by atoms with Crippen LogP contribution in [-0.2, 0) is 24.4 Å². The van der Waals surface area contributed by atoms with Gasteiger partial charge in [-0.2, -0.15) is 10.2 Å². The molecule has 0 spiro atoms. The van der Waals surface area contributed by atoms with Gasteiger partial charge in [0, 0.05) is 38.5 Å². The molecule has 0 fully saturated rings. The zero-order chi connectivity index (χ0) is 15.2.